The fourth-order valence-corrected chi connectivity index (χ4v) is 2.82. The van der Waals surface area contributed by atoms with Crippen LogP contribution in [0.3, 0.4) is 0 Å². The van der Waals surface area contributed by atoms with Gasteiger partial charge in [-0.15, -0.1) is 0 Å². The van der Waals surface area contributed by atoms with Crippen molar-refractivity contribution in [1.82, 2.24) is 4.90 Å². The molecule has 0 spiro atoms. The maximum Gasteiger partial charge on any atom is 0.410 e. The summed E-state index contributed by atoms with van der Waals surface area (Å²) < 4.78 is 19.2. The van der Waals surface area contributed by atoms with Gasteiger partial charge in [0, 0.05) is 12.1 Å². The number of fused-ring (bicyclic) bond motifs is 2. The number of carboxylic acids is 1. The fraction of sp³-hybridized carbons (Fsp3) is 0.538. The lowest BCUT2D eigenvalue weighted by atomic mass is 9.95. The number of amides is 1. The van der Waals surface area contributed by atoms with Crippen LogP contribution in [0.1, 0.15) is 19.3 Å². The largest absolute Gasteiger partial charge is 0.478 e. The zero-order valence-electron chi connectivity index (χ0n) is 10.4. The molecule has 6 heteroatoms. The molecule has 0 aromatic carbocycles. The van der Waals surface area contributed by atoms with Gasteiger partial charge in [0.2, 0.25) is 0 Å². The molecule has 0 saturated carbocycles. The Morgan fingerprint density at radius 2 is 2.26 bits per heavy atom. The second-order valence-electron chi connectivity index (χ2n) is 4.73. The Hall–Kier alpha value is -1.85. The van der Waals surface area contributed by atoms with Gasteiger partial charge in [-0.3, -0.25) is 4.90 Å². The number of rotatable bonds is 3. The number of aliphatic carboxylic acids is 1. The van der Waals surface area contributed by atoms with Gasteiger partial charge in [0.1, 0.15) is 12.8 Å². The van der Waals surface area contributed by atoms with E-state index in [4.69, 9.17) is 9.84 Å². The van der Waals surface area contributed by atoms with Gasteiger partial charge in [-0.05, 0) is 24.8 Å². The minimum Gasteiger partial charge on any atom is -0.478 e. The predicted molar refractivity (Wildman–Crippen MR) is 65.4 cm³/mol. The van der Waals surface area contributed by atoms with Gasteiger partial charge in [0.25, 0.3) is 0 Å². The van der Waals surface area contributed by atoms with E-state index in [1.807, 2.05) is 0 Å². The number of carboxylic acid groups (broad SMARTS) is 1. The molecule has 0 radical (unpaired) electrons. The number of hydrogen-bond acceptors (Lipinski definition) is 3. The minimum atomic E-state index is -1.42. The molecule has 0 aromatic heterocycles. The molecular formula is C13H16FNO4. The van der Waals surface area contributed by atoms with Gasteiger partial charge in [0.15, 0.2) is 0 Å². The molecule has 5 nitrogen and oxygen atoms in total. The Labute approximate surface area is 110 Å². The summed E-state index contributed by atoms with van der Waals surface area (Å²) in [5, 5.41) is 8.71. The van der Waals surface area contributed by atoms with Crippen LogP contribution in [0.5, 0.6) is 0 Å². The van der Waals surface area contributed by atoms with E-state index >= 15 is 0 Å². The molecule has 2 bridgehead atoms. The first-order valence-corrected chi connectivity index (χ1v) is 6.18. The number of hydrogen-bond donors (Lipinski definition) is 1. The quantitative estimate of drug-likeness (QED) is 0.627. The standard InChI is InChI=1S/C13H16FNO4/c1-2-5-19-13(18)15-9-3-4-10(15)12(14)8(6-9)7-11(16)17/h2,7,9-10,12H,1,3-6H2,(H,16,17)/b8-7-. The molecule has 2 rings (SSSR count). The number of carbonyl (C=O) groups is 2. The lowest BCUT2D eigenvalue weighted by Gasteiger charge is -2.37. The topological polar surface area (TPSA) is 66.8 Å². The number of nitrogens with zero attached hydrogens (tertiary/aromatic N) is 1. The third-order valence-electron chi connectivity index (χ3n) is 3.55. The van der Waals surface area contributed by atoms with Gasteiger partial charge in [-0.1, -0.05) is 12.7 Å². The molecule has 0 aromatic rings. The van der Waals surface area contributed by atoms with E-state index in [0.717, 1.165) is 6.08 Å². The van der Waals surface area contributed by atoms with Crippen LogP contribution in [0.25, 0.3) is 0 Å². The summed E-state index contributed by atoms with van der Waals surface area (Å²) in [6.07, 6.45) is 1.86. The molecule has 104 valence electrons. The summed E-state index contributed by atoms with van der Waals surface area (Å²) in [7, 11) is 0. The first kappa shape index (κ1) is 13.6. The van der Waals surface area contributed by atoms with Crippen LogP contribution < -0.4 is 0 Å². The lowest BCUT2D eigenvalue weighted by Crippen LogP contribution is -2.50. The number of carbonyl (C=O) groups excluding carboxylic acids is 1. The highest BCUT2D eigenvalue weighted by molar-refractivity contribution is 5.81. The minimum absolute atomic E-state index is 0.0869. The maximum atomic E-state index is 14.2. The van der Waals surface area contributed by atoms with Crippen molar-refractivity contribution in [2.24, 2.45) is 0 Å². The van der Waals surface area contributed by atoms with Crippen LogP contribution in [0, 0.1) is 0 Å². The molecule has 19 heavy (non-hydrogen) atoms. The highest BCUT2D eigenvalue weighted by Crippen LogP contribution is 2.40. The van der Waals surface area contributed by atoms with E-state index in [0.29, 0.717) is 12.8 Å². The van der Waals surface area contributed by atoms with Gasteiger partial charge in [-0.2, -0.15) is 0 Å². The van der Waals surface area contributed by atoms with Crippen molar-refractivity contribution in [3.05, 3.63) is 24.3 Å². The van der Waals surface area contributed by atoms with Gasteiger partial charge < -0.3 is 9.84 Å². The smallest absolute Gasteiger partial charge is 0.410 e. The molecule has 2 aliphatic heterocycles. The second kappa shape index (κ2) is 5.42. The van der Waals surface area contributed by atoms with E-state index in [1.165, 1.54) is 11.0 Å². The van der Waals surface area contributed by atoms with Gasteiger partial charge in [-0.25, -0.2) is 14.0 Å². The highest BCUT2D eigenvalue weighted by Gasteiger charge is 2.48. The Balaban J connectivity index is 2.13. The summed E-state index contributed by atoms with van der Waals surface area (Å²) in [6.45, 7) is 3.53. The normalized spacial score (nSPS) is 31.3. The average Bonchev–Trinajstić information content (AvgIpc) is 2.70. The SMILES string of the molecule is C=CCOC(=O)N1C2CCC1C(F)/C(=C\C(=O)O)C2. The van der Waals surface area contributed by atoms with Crippen molar-refractivity contribution < 1.29 is 23.8 Å². The van der Waals surface area contributed by atoms with Crippen molar-refractivity contribution >= 4 is 12.1 Å². The summed E-state index contributed by atoms with van der Waals surface area (Å²) in [5.74, 6) is -1.15. The first-order chi connectivity index (χ1) is 9.04. The van der Waals surface area contributed by atoms with E-state index in [9.17, 15) is 14.0 Å². The number of piperidine rings is 1. The van der Waals surface area contributed by atoms with Crippen LogP contribution in [0.15, 0.2) is 24.3 Å². The number of alkyl halides is 1. The summed E-state index contributed by atoms with van der Waals surface area (Å²) in [5.41, 5.74) is 0.257. The zero-order chi connectivity index (χ0) is 14.0. The third-order valence-corrected chi connectivity index (χ3v) is 3.55. The third kappa shape index (κ3) is 2.62. The van der Waals surface area contributed by atoms with Gasteiger partial charge >= 0.3 is 12.1 Å². The molecule has 2 fully saturated rings. The van der Waals surface area contributed by atoms with Gasteiger partial charge in [0.05, 0.1) is 6.04 Å². The fourth-order valence-electron chi connectivity index (χ4n) is 2.82. The van der Waals surface area contributed by atoms with Crippen LogP contribution in [-0.4, -0.2) is 46.9 Å². The monoisotopic (exact) mass is 269 g/mol. The number of ether oxygens (including phenoxy) is 1. The predicted octanol–water partition coefficient (Wildman–Crippen LogP) is 1.89. The molecule has 2 heterocycles. The molecule has 0 aliphatic carbocycles. The second-order valence-corrected chi connectivity index (χ2v) is 4.73. The molecule has 2 saturated heterocycles. The number of halogens is 1. The zero-order valence-corrected chi connectivity index (χ0v) is 10.4. The Bertz CT molecular complexity index is 434. The molecule has 1 amide bonds. The molecular weight excluding hydrogens is 253 g/mol. The van der Waals surface area contributed by atoms with Crippen molar-refractivity contribution in [3.63, 3.8) is 0 Å². The van der Waals surface area contributed by atoms with Crippen LogP contribution >= 0.6 is 0 Å². The van der Waals surface area contributed by atoms with Crippen LogP contribution in [-0.2, 0) is 9.53 Å². The van der Waals surface area contributed by atoms with Crippen molar-refractivity contribution in [1.29, 1.82) is 0 Å². The maximum absolute atomic E-state index is 14.2. The van der Waals surface area contributed by atoms with Crippen LogP contribution in [0.2, 0.25) is 0 Å². The average molecular weight is 269 g/mol. The summed E-state index contributed by atoms with van der Waals surface area (Å²) >= 11 is 0. The molecule has 2 aliphatic rings. The van der Waals surface area contributed by atoms with E-state index in [2.05, 4.69) is 6.58 Å². The Morgan fingerprint density at radius 1 is 1.53 bits per heavy atom. The van der Waals surface area contributed by atoms with E-state index < -0.39 is 24.3 Å². The van der Waals surface area contributed by atoms with E-state index in [1.54, 1.807) is 0 Å². The molecule has 3 unspecified atom stereocenters. The molecule has 1 N–H and O–H groups in total. The van der Waals surface area contributed by atoms with Crippen molar-refractivity contribution in [2.75, 3.05) is 6.61 Å². The highest BCUT2D eigenvalue weighted by atomic mass is 19.1. The lowest BCUT2D eigenvalue weighted by molar-refractivity contribution is -0.131. The Morgan fingerprint density at radius 3 is 2.89 bits per heavy atom. The summed E-state index contributed by atoms with van der Waals surface area (Å²) in [4.78, 5) is 23.9. The first-order valence-electron chi connectivity index (χ1n) is 6.18. The molecule has 3 atom stereocenters. The van der Waals surface area contributed by atoms with Crippen molar-refractivity contribution in [3.8, 4) is 0 Å². The van der Waals surface area contributed by atoms with Crippen molar-refractivity contribution in [2.45, 2.75) is 37.5 Å². The van der Waals surface area contributed by atoms with Crippen LogP contribution in [0.4, 0.5) is 9.18 Å². The summed E-state index contributed by atoms with van der Waals surface area (Å²) in [6, 6.07) is -0.776. The Kier molecular flexibility index (Phi) is 3.87. The van der Waals surface area contributed by atoms with E-state index in [-0.39, 0.29) is 24.6 Å².